The van der Waals surface area contributed by atoms with Crippen LogP contribution in [0.3, 0.4) is 0 Å². The van der Waals surface area contributed by atoms with Gasteiger partial charge in [0.2, 0.25) is 0 Å². The van der Waals surface area contributed by atoms with Gasteiger partial charge in [-0.25, -0.2) is 4.79 Å². The van der Waals surface area contributed by atoms with Crippen LogP contribution in [0.5, 0.6) is 23.0 Å². The van der Waals surface area contributed by atoms with E-state index in [0.717, 1.165) is 9.79 Å². The first-order valence-electron chi connectivity index (χ1n) is 10.4. The van der Waals surface area contributed by atoms with Crippen molar-refractivity contribution in [1.82, 2.24) is 0 Å². The van der Waals surface area contributed by atoms with E-state index >= 15 is 0 Å². The summed E-state index contributed by atoms with van der Waals surface area (Å²) in [7, 11) is 2.73. The number of amides is 1. The van der Waals surface area contributed by atoms with Crippen molar-refractivity contribution in [3.63, 3.8) is 0 Å². The monoisotopic (exact) mass is 481 g/mol. The number of carbonyl (C=O) groups is 2. The van der Waals surface area contributed by atoms with Crippen molar-refractivity contribution in [1.29, 1.82) is 0 Å². The Hall–Kier alpha value is -3.85. The van der Waals surface area contributed by atoms with E-state index in [1.54, 1.807) is 24.3 Å². The number of esters is 1. The first kappa shape index (κ1) is 23.3. The number of rotatable bonds is 8. The molecule has 0 aromatic heterocycles. The molecule has 1 aliphatic rings. The molecule has 8 nitrogen and oxygen atoms in total. The number of carbonyl (C=O) groups excluding carboxylic acids is 2. The summed E-state index contributed by atoms with van der Waals surface area (Å²) in [5, 5.41) is 2.96. The number of fused-ring (bicyclic) bond motifs is 1. The van der Waals surface area contributed by atoms with Crippen LogP contribution in [-0.2, 0) is 9.53 Å². The number of nitrogens with one attached hydrogen (secondary N) is 1. The summed E-state index contributed by atoms with van der Waals surface area (Å²) in [5.41, 5.74) is 0.945. The van der Waals surface area contributed by atoms with Gasteiger partial charge < -0.3 is 29.0 Å². The summed E-state index contributed by atoms with van der Waals surface area (Å²) in [6, 6.07) is 18.2. The second kappa shape index (κ2) is 10.8. The molecule has 1 N–H and O–H groups in total. The van der Waals surface area contributed by atoms with E-state index in [9.17, 15) is 9.59 Å². The molecule has 0 saturated carbocycles. The number of hydrogen-bond donors (Lipinski definition) is 1. The SMILES string of the molecule is COC(=O)COc1ccc(C(=O)Nc2cc3c(cc2Sc2ccccc2)OCCO3)cc1OC. The van der Waals surface area contributed by atoms with Crippen LogP contribution in [0.1, 0.15) is 10.4 Å². The molecule has 0 spiro atoms. The predicted octanol–water partition coefficient (Wildman–Crippen LogP) is 4.42. The first-order chi connectivity index (χ1) is 16.6. The lowest BCUT2D eigenvalue weighted by Crippen LogP contribution is -2.17. The molecule has 176 valence electrons. The number of methoxy groups -OCH3 is 2. The minimum Gasteiger partial charge on any atom is -0.493 e. The second-order valence-electron chi connectivity index (χ2n) is 7.09. The van der Waals surface area contributed by atoms with Crippen molar-refractivity contribution in [2.75, 3.05) is 39.4 Å². The van der Waals surface area contributed by atoms with Gasteiger partial charge in [0.25, 0.3) is 5.91 Å². The fourth-order valence-electron chi connectivity index (χ4n) is 3.19. The van der Waals surface area contributed by atoms with Gasteiger partial charge in [-0.05, 0) is 30.3 Å². The van der Waals surface area contributed by atoms with Gasteiger partial charge in [0.05, 0.1) is 19.9 Å². The van der Waals surface area contributed by atoms with E-state index in [0.29, 0.717) is 47.5 Å². The zero-order valence-corrected chi connectivity index (χ0v) is 19.5. The van der Waals surface area contributed by atoms with Gasteiger partial charge in [-0.15, -0.1) is 0 Å². The molecule has 1 amide bonds. The van der Waals surface area contributed by atoms with Gasteiger partial charge in [0.15, 0.2) is 29.6 Å². The Labute approximate surface area is 201 Å². The molecular formula is C25H23NO7S. The van der Waals surface area contributed by atoms with Gasteiger partial charge in [0, 0.05) is 27.5 Å². The lowest BCUT2D eigenvalue weighted by molar-refractivity contribution is -0.142. The molecule has 9 heteroatoms. The molecule has 1 heterocycles. The maximum atomic E-state index is 13.1. The molecule has 0 fully saturated rings. The standard InChI is InChI=1S/C25H23NO7S/c1-29-20-12-16(8-9-19(20)33-15-24(27)30-2)25(28)26-18-13-21-22(32-11-10-31-21)14-23(18)34-17-6-4-3-5-7-17/h3-9,12-14H,10-11,15H2,1-2H3,(H,26,28). The van der Waals surface area contributed by atoms with Crippen molar-refractivity contribution in [2.24, 2.45) is 0 Å². The maximum Gasteiger partial charge on any atom is 0.343 e. The quantitative estimate of drug-likeness (QED) is 0.473. The van der Waals surface area contributed by atoms with E-state index in [-0.39, 0.29) is 12.5 Å². The molecule has 3 aromatic carbocycles. The number of benzene rings is 3. The predicted molar refractivity (Wildman–Crippen MR) is 126 cm³/mol. The molecule has 0 aliphatic carbocycles. The highest BCUT2D eigenvalue weighted by atomic mass is 32.2. The number of ether oxygens (including phenoxy) is 5. The Morgan fingerprint density at radius 2 is 1.68 bits per heavy atom. The van der Waals surface area contributed by atoms with Crippen molar-refractivity contribution in [3.8, 4) is 23.0 Å². The zero-order valence-electron chi connectivity index (χ0n) is 18.7. The highest BCUT2D eigenvalue weighted by molar-refractivity contribution is 7.99. The van der Waals surface area contributed by atoms with Crippen LogP contribution in [0.2, 0.25) is 0 Å². The highest BCUT2D eigenvalue weighted by Crippen LogP contribution is 2.42. The second-order valence-corrected chi connectivity index (χ2v) is 8.21. The van der Waals surface area contributed by atoms with E-state index in [1.807, 2.05) is 36.4 Å². The Morgan fingerprint density at radius 1 is 0.941 bits per heavy atom. The molecule has 1 aliphatic heterocycles. The lowest BCUT2D eigenvalue weighted by atomic mass is 10.1. The summed E-state index contributed by atoms with van der Waals surface area (Å²) in [5.74, 6) is 0.983. The Bertz CT molecular complexity index is 1180. The third kappa shape index (κ3) is 5.55. The highest BCUT2D eigenvalue weighted by Gasteiger charge is 2.19. The van der Waals surface area contributed by atoms with Crippen LogP contribution in [0, 0.1) is 0 Å². The van der Waals surface area contributed by atoms with Crippen molar-refractivity contribution >= 4 is 29.3 Å². The fraction of sp³-hybridized carbons (Fsp3) is 0.200. The summed E-state index contributed by atoms with van der Waals surface area (Å²) in [6.45, 7) is 0.643. The third-order valence-electron chi connectivity index (χ3n) is 4.86. The summed E-state index contributed by atoms with van der Waals surface area (Å²) < 4.78 is 26.8. The molecule has 0 saturated heterocycles. The summed E-state index contributed by atoms with van der Waals surface area (Å²) in [6.07, 6.45) is 0. The van der Waals surface area contributed by atoms with Gasteiger partial charge in [-0.3, -0.25) is 4.79 Å². The van der Waals surface area contributed by atoms with Crippen LogP contribution in [0.25, 0.3) is 0 Å². The van der Waals surface area contributed by atoms with E-state index in [1.165, 1.54) is 26.0 Å². The number of anilines is 1. The molecule has 0 atom stereocenters. The fourth-order valence-corrected chi connectivity index (χ4v) is 4.12. The summed E-state index contributed by atoms with van der Waals surface area (Å²) in [4.78, 5) is 26.3. The minimum absolute atomic E-state index is 0.268. The topological polar surface area (TPSA) is 92.3 Å². The average molecular weight is 482 g/mol. The Balaban J connectivity index is 1.58. The molecule has 34 heavy (non-hydrogen) atoms. The average Bonchev–Trinajstić information content (AvgIpc) is 2.88. The van der Waals surface area contributed by atoms with Crippen molar-refractivity contribution < 1.29 is 33.3 Å². The van der Waals surface area contributed by atoms with Crippen LogP contribution < -0.4 is 24.3 Å². The Morgan fingerprint density at radius 3 is 2.38 bits per heavy atom. The van der Waals surface area contributed by atoms with Gasteiger partial charge >= 0.3 is 5.97 Å². The van der Waals surface area contributed by atoms with Gasteiger partial charge in [-0.2, -0.15) is 0 Å². The van der Waals surface area contributed by atoms with Crippen molar-refractivity contribution in [2.45, 2.75) is 9.79 Å². The van der Waals surface area contributed by atoms with Crippen LogP contribution >= 0.6 is 11.8 Å². The van der Waals surface area contributed by atoms with E-state index < -0.39 is 5.97 Å². The molecule has 0 bridgehead atoms. The largest absolute Gasteiger partial charge is 0.493 e. The number of hydrogen-bond acceptors (Lipinski definition) is 8. The van der Waals surface area contributed by atoms with Crippen LogP contribution in [0.15, 0.2) is 70.5 Å². The molecule has 0 radical (unpaired) electrons. The minimum atomic E-state index is -0.522. The normalized spacial score (nSPS) is 11.9. The smallest absolute Gasteiger partial charge is 0.343 e. The molecule has 4 rings (SSSR count). The Kier molecular flexibility index (Phi) is 7.44. The summed E-state index contributed by atoms with van der Waals surface area (Å²) >= 11 is 1.51. The van der Waals surface area contributed by atoms with Crippen LogP contribution in [0.4, 0.5) is 5.69 Å². The van der Waals surface area contributed by atoms with Gasteiger partial charge in [-0.1, -0.05) is 30.0 Å². The van der Waals surface area contributed by atoms with Crippen LogP contribution in [-0.4, -0.2) is 45.9 Å². The van der Waals surface area contributed by atoms with E-state index in [2.05, 4.69) is 10.1 Å². The lowest BCUT2D eigenvalue weighted by Gasteiger charge is -2.21. The third-order valence-corrected chi connectivity index (χ3v) is 5.93. The van der Waals surface area contributed by atoms with Gasteiger partial charge in [0.1, 0.15) is 13.2 Å². The molecular weight excluding hydrogens is 458 g/mol. The zero-order chi connectivity index (χ0) is 23.9. The molecule has 3 aromatic rings. The van der Waals surface area contributed by atoms with Crippen molar-refractivity contribution in [3.05, 3.63) is 66.2 Å². The van der Waals surface area contributed by atoms with E-state index in [4.69, 9.17) is 18.9 Å². The molecule has 0 unspecified atom stereocenters. The maximum absolute atomic E-state index is 13.1. The first-order valence-corrected chi connectivity index (χ1v) is 11.2.